The van der Waals surface area contributed by atoms with Crippen molar-refractivity contribution in [3.05, 3.63) is 223 Å². The molecule has 0 unspecified atom stereocenters. The van der Waals surface area contributed by atoms with Crippen molar-refractivity contribution in [1.29, 1.82) is 0 Å². The van der Waals surface area contributed by atoms with Gasteiger partial charge in [-0.1, -0.05) is 199 Å². The Morgan fingerprint density at radius 3 is 0.915 bits per heavy atom. The van der Waals surface area contributed by atoms with E-state index in [1.165, 1.54) is 0 Å². The zero-order valence-corrected chi connectivity index (χ0v) is 49.5. The van der Waals surface area contributed by atoms with E-state index in [9.17, 15) is 0 Å². The van der Waals surface area contributed by atoms with Crippen LogP contribution >= 0.6 is 46.4 Å². The van der Waals surface area contributed by atoms with Gasteiger partial charge in [0.15, 0.2) is 0 Å². The first-order valence-corrected chi connectivity index (χ1v) is 28.9. The molecule has 0 bridgehead atoms. The second kappa shape index (κ2) is 23.1. The lowest BCUT2D eigenvalue weighted by Gasteiger charge is -2.26. The van der Waals surface area contributed by atoms with E-state index in [4.69, 9.17) is 65.4 Å². The van der Waals surface area contributed by atoms with Crippen LogP contribution < -0.4 is 29.6 Å². The van der Waals surface area contributed by atoms with Gasteiger partial charge >= 0.3 is 0 Å². The average Bonchev–Trinajstić information content (AvgIpc) is 3.42. The minimum Gasteiger partial charge on any atom is -0.455 e. The quantitative estimate of drug-likeness (QED) is 0.0739. The number of hydrogen-bond donors (Lipinski definition) is 2. The van der Waals surface area contributed by atoms with Crippen molar-refractivity contribution >= 4 is 113 Å². The van der Waals surface area contributed by atoms with Crippen LogP contribution in [0.4, 0.5) is 11.4 Å². The SMILES string of the molecule is CC(C)c1cccc(C(C)C)c1NC(=O)c1cc(Oc2ccccc2Cl)c2c3c(Oc4ccccc4Cl)ccc4ccc(Oc5ccccc5Cl)c(c5c(Oc6ccccc6Cl)cc(C(=O)Nc6c(C(C)C)cccc6C(C)C)c1c25)c43. The molecule has 0 saturated carbocycles. The smallest absolute Gasteiger partial charge is 0.256 e. The van der Waals surface area contributed by atoms with Crippen LogP contribution in [0.15, 0.2) is 170 Å². The van der Waals surface area contributed by atoms with Crippen molar-refractivity contribution in [2.24, 2.45) is 0 Å². The van der Waals surface area contributed by atoms with Gasteiger partial charge in [-0.05, 0) is 124 Å². The molecule has 0 radical (unpaired) electrons. The maximum atomic E-state index is 16.3. The predicted molar refractivity (Wildman–Crippen MR) is 339 cm³/mol. The molecule has 82 heavy (non-hydrogen) atoms. The summed E-state index contributed by atoms with van der Waals surface area (Å²) in [7, 11) is 0. The number of amides is 2. The highest BCUT2D eigenvalue weighted by Gasteiger charge is 2.33. The summed E-state index contributed by atoms with van der Waals surface area (Å²) in [5.41, 5.74) is 5.34. The molecule has 0 spiro atoms. The molecule has 0 aliphatic carbocycles. The fourth-order valence-electron chi connectivity index (χ4n) is 11.0. The molecule has 11 aromatic carbocycles. The summed E-state index contributed by atoms with van der Waals surface area (Å²) in [5, 5.41) is 12.2. The van der Waals surface area contributed by atoms with E-state index in [1.807, 2.05) is 109 Å². The van der Waals surface area contributed by atoms with Crippen molar-refractivity contribution in [2.75, 3.05) is 10.6 Å². The van der Waals surface area contributed by atoms with E-state index in [0.717, 1.165) is 27.6 Å². The Kier molecular flexibility index (Phi) is 15.8. The molecule has 0 heterocycles. The summed E-state index contributed by atoms with van der Waals surface area (Å²) in [5.74, 6) is 1.60. The third-order valence-electron chi connectivity index (χ3n) is 14.9. The number of carbonyl (C=O) groups is 2. The van der Waals surface area contributed by atoms with Crippen LogP contribution in [0.5, 0.6) is 46.0 Å². The molecule has 2 N–H and O–H groups in total. The zero-order chi connectivity index (χ0) is 57.7. The minimum atomic E-state index is -0.507. The molecule has 0 aliphatic rings. The number of carbonyl (C=O) groups excluding carboxylic acids is 2. The Morgan fingerprint density at radius 2 is 0.610 bits per heavy atom. The number of rotatable bonds is 16. The van der Waals surface area contributed by atoms with Gasteiger partial charge in [0, 0.05) is 49.1 Å². The number of halogens is 4. The van der Waals surface area contributed by atoms with Crippen molar-refractivity contribution in [3.63, 3.8) is 0 Å². The van der Waals surface area contributed by atoms with Crippen molar-refractivity contribution in [1.82, 2.24) is 0 Å². The number of nitrogens with one attached hydrogen (secondary N) is 2. The first-order valence-electron chi connectivity index (χ1n) is 27.3. The lowest BCUT2D eigenvalue weighted by atomic mass is 9.84. The van der Waals surface area contributed by atoms with E-state index in [0.29, 0.717) is 98.3 Å². The van der Waals surface area contributed by atoms with Crippen molar-refractivity contribution in [3.8, 4) is 46.0 Å². The van der Waals surface area contributed by atoms with E-state index in [1.54, 1.807) is 60.7 Å². The molecule has 2 amide bonds. The number of para-hydroxylation sites is 6. The first-order chi connectivity index (χ1) is 39.5. The summed E-state index contributed by atoms with van der Waals surface area (Å²) >= 11 is 28.0. The van der Waals surface area contributed by atoms with E-state index >= 15 is 9.59 Å². The topological polar surface area (TPSA) is 95.1 Å². The van der Waals surface area contributed by atoms with Crippen molar-refractivity contribution < 1.29 is 28.5 Å². The number of anilines is 2. The summed E-state index contributed by atoms with van der Waals surface area (Å²) in [4.78, 5) is 32.6. The van der Waals surface area contributed by atoms with Gasteiger partial charge < -0.3 is 29.6 Å². The molecular weight excluding hydrogens is 1110 g/mol. The fraction of sp³-hybridized carbons (Fsp3) is 0.171. The van der Waals surface area contributed by atoms with Crippen molar-refractivity contribution in [2.45, 2.75) is 79.1 Å². The molecule has 11 aromatic rings. The molecular formula is C70H58Cl4N2O6. The predicted octanol–water partition coefficient (Wildman–Crippen LogP) is 22.5. The fourth-order valence-corrected chi connectivity index (χ4v) is 11.7. The van der Waals surface area contributed by atoms with E-state index in [2.05, 4.69) is 66.0 Å². The normalized spacial score (nSPS) is 11.7. The average molecular weight is 1170 g/mol. The van der Waals surface area contributed by atoms with Crippen LogP contribution in [0.3, 0.4) is 0 Å². The molecule has 0 aromatic heterocycles. The highest BCUT2D eigenvalue weighted by molar-refractivity contribution is 6.42. The van der Waals surface area contributed by atoms with Gasteiger partial charge in [0.2, 0.25) is 0 Å². The van der Waals surface area contributed by atoms with Gasteiger partial charge in [0.05, 0.1) is 31.2 Å². The lowest BCUT2D eigenvalue weighted by Crippen LogP contribution is -2.20. The zero-order valence-electron chi connectivity index (χ0n) is 46.4. The van der Waals surface area contributed by atoms with E-state index < -0.39 is 11.8 Å². The number of benzene rings is 11. The second-order valence-electron chi connectivity index (χ2n) is 21.6. The van der Waals surface area contributed by atoms with Crippen LogP contribution in [0, 0.1) is 0 Å². The molecule has 11 rings (SSSR count). The Hall–Kier alpha value is -7.98. The van der Waals surface area contributed by atoms with Gasteiger partial charge in [0.1, 0.15) is 46.0 Å². The van der Waals surface area contributed by atoms with Crippen LogP contribution in [-0.2, 0) is 0 Å². The molecule has 0 atom stereocenters. The van der Waals surface area contributed by atoms with Gasteiger partial charge in [-0.15, -0.1) is 0 Å². The third kappa shape index (κ3) is 10.5. The number of hydrogen-bond acceptors (Lipinski definition) is 6. The standard InChI is InChI=1S/C70H58Cl4N2O6/c1-37(2)42-19-17-20-43(38(3)4)67(42)75-69(77)46-35-58(81-54-29-15-11-25-50(54)73)64-62-56(79-52-27-13-9-23-48(52)71)33-31-41-32-34-57(80-53-28-14-10-24-49(53)72)63(60(41)62)65-59(82-55-30-16-12-26-51(55)74)36-47(61(46)66(64)65)70(78)76-68-44(39(5)6)21-18-22-45(68)40(7)8/h9-40H,1-8H3,(H,75,77)(H,76,78). The molecule has 12 heteroatoms. The van der Waals surface area contributed by atoms with Gasteiger partial charge in [-0.2, -0.15) is 0 Å². The monoisotopic (exact) mass is 1160 g/mol. The summed E-state index contributed by atoms with van der Waals surface area (Å²) in [6.45, 7) is 16.8. The maximum Gasteiger partial charge on any atom is 0.256 e. The van der Waals surface area contributed by atoms with Crippen LogP contribution in [0.1, 0.15) is 122 Å². The number of ether oxygens (including phenoxy) is 4. The van der Waals surface area contributed by atoms with Gasteiger partial charge in [-0.25, -0.2) is 0 Å². The number of fused-ring (bicyclic) bond motifs is 2. The Labute approximate surface area is 497 Å². The molecule has 0 aliphatic heterocycles. The van der Waals surface area contributed by atoms with Gasteiger partial charge in [0.25, 0.3) is 11.8 Å². The molecule has 412 valence electrons. The Balaban J connectivity index is 1.38. The molecule has 0 fully saturated rings. The first kappa shape index (κ1) is 55.9. The maximum absolute atomic E-state index is 16.3. The second-order valence-corrected chi connectivity index (χ2v) is 23.2. The Bertz CT molecular complexity index is 3990. The largest absolute Gasteiger partial charge is 0.455 e. The summed E-state index contributed by atoms with van der Waals surface area (Å²) in [6, 6.07) is 51.9. The highest BCUT2D eigenvalue weighted by Crippen LogP contribution is 2.56. The Morgan fingerprint density at radius 1 is 0.317 bits per heavy atom. The van der Waals surface area contributed by atoms with Crippen LogP contribution in [0.25, 0.3) is 43.1 Å². The summed E-state index contributed by atoms with van der Waals surface area (Å²) in [6.07, 6.45) is 0. The van der Waals surface area contributed by atoms with Crippen LogP contribution in [-0.4, -0.2) is 11.8 Å². The van der Waals surface area contributed by atoms with Crippen LogP contribution in [0.2, 0.25) is 20.1 Å². The molecule has 0 saturated heterocycles. The third-order valence-corrected chi connectivity index (χ3v) is 16.1. The molecule has 8 nitrogen and oxygen atoms in total. The summed E-state index contributed by atoms with van der Waals surface area (Å²) < 4.78 is 28.3. The lowest BCUT2D eigenvalue weighted by molar-refractivity contribution is 0.102. The van der Waals surface area contributed by atoms with Gasteiger partial charge in [-0.3, -0.25) is 9.59 Å². The minimum absolute atomic E-state index is 0.0246. The highest BCUT2D eigenvalue weighted by atomic mass is 35.5. The van der Waals surface area contributed by atoms with E-state index in [-0.39, 0.29) is 51.7 Å².